The molecule has 0 aliphatic carbocycles. The SMILES string of the molecule is c1cc(-c2ccc3ccccc3c2)cc(-c2c3ccccc3c(-c3ccc(-c4c5ccccc5c(-c5cccc(-c6ccc7ccccc7c6)c5)c5ccccc45)c4ccccc34)c3ccccc23)c1. The Labute approximate surface area is 407 Å². The van der Waals surface area contributed by atoms with Crippen LogP contribution in [0.4, 0.5) is 0 Å². The zero-order chi connectivity index (χ0) is 46.1. The molecule has 0 heteroatoms. The summed E-state index contributed by atoms with van der Waals surface area (Å²) in [5, 5.41) is 17.5. The van der Waals surface area contributed by atoms with Crippen LogP contribution in [0.1, 0.15) is 0 Å². The molecule has 0 amide bonds. The first-order valence-corrected chi connectivity index (χ1v) is 24.3. The van der Waals surface area contributed by atoms with Crippen molar-refractivity contribution in [1.29, 1.82) is 0 Å². The third-order valence-corrected chi connectivity index (χ3v) is 14.8. The summed E-state index contributed by atoms with van der Waals surface area (Å²) in [4.78, 5) is 0. The fourth-order valence-electron chi connectivity index (χ4n) is 11.6. The smallest absolute Gasteiger partial charge is 0.00201 e. The minimum Gasteiger partial charge on any atom is -0.0616 e. The Balaban J connectivity index is 0.959. The molecule has 0 N–H and O–H groups in total. The lowest BCUT2D eigenvalue weighted by Gasteiger charge is -2.21. The topological polar surface area (TPSA) is 0 Å². The summed E-state index contributed by atoms with van der Waals surface area (Å²) >= 11 is 0. The molecule has 14 rings (SSSR count). The molecule has 14 aromatic rings. The van der Waals surface area contributed by atoms with E-state index in [2.05, 4.69) is 267 Å². The number of fused-ring (bicyclic) bond motifs is 7. The van der Waals surface area contributed by atoms with Crippen LogP contribution >= 0.6 is 0 Å². The molecule has 0 unspecified atom stereocenters. The maximum atomic E-state index is 2.40. The Bertz CT molecular complexity index is 4020. The highest BCUT2D eigenvalue weighted by molar-refractivity contribution is 6.27. The van der Waals surface area contributed by atoms with Gasteiger partial charge in [-0.3, -0.25) is 0 Å². The van der Waals surface area contributed by atoms with Crippen molar-refractivity contribution < 1.29 is 0 Å². The largest absolute Gasteiger partial charge is 0.0616 e. The molecule has 0 aromatic heterocycles. The molecule has 324 valence electrons. The molecule has 0 bridgehead atoms. The number of benzene rings is 14. The molecule has 0 fully saturated rings. The maximum absolute atomic E-state index is 2.40. The van der Waals surface area contributed by atoms with Gasteiger partial charge in [-0.1, -0.05) is 243 Å². The van der Waals surface area contributed by atoms with Crippen molar-refractivity contribution >= 4 is 75.4 Å². The fourth-order valence-corrected chi connectivity index (χ4v) is 11.6. The molecule has 0 nitrogen and oxygen atoms in total. The molecule has 14 aromatic carbocycles. The molecular weight excluding hydrogens is 841 g/mol. The van der Waals surface area contributed by atoms with Crippen molar-refractivity contribution in [2.45, 2.75) is 0 Å². The highest BCUT2D eigenvalue weighted by Gasteiger charge is 2.22. The molecule has 0 aliphatic rings. The van der Waals surface area contributed by atoms with Gasteiger partial charge in [-0.2, -0.15) is 0 Å². The Morgan fingerprint density at radius 1 is 0.143 bits per heavy atom. The zero-order valence-corrected chi connectivity index (χ0v) is 38.4. The van der Waals surface area contributed by atoms with Gasteiger partial charge in [0.1, 0.15) is 0 Å². The molecule has 70 heavy (non-hydrogen) atoms. The van der Waals surface area contributed by atoms with Crippen LogP contribution in [-0.4, -0.2) is 0 Å². The van der Waals surface area contributed by atoms with Crippen LogP contribution in [0.5, 0.6) is 0 Å². The van der Waals surface area contributed by atoms with Gasteiger partial charge in [0.15, 0.2) is 0 Å². The molecule has 0 atom stereocenters. The summed E-state index contributed by atoms with van der Waals surface area (Å²) in [6.45, 7) is 0. The van der Waals surface area contributed by atoms with Gasteiger partial charge in [0.25, 0.3) is 0 Å². The Kier molecular flexibility index (Phi) is 9.32. The van der Waals surface area contributed by atoms with Crippen LogP contribution in [0.2, 0.25) is 0 Å². The summed E-state index contributed by atoms with van der Waals surface area (Å²) in [5.74, 6) is 0. The highest BCUT2D eigenvalue weighted by atomic mass is 14.3. The molecule has 0 radical (unpaired) electrons. The maximum Gasteiger partial charge on any atom is -0.00201 e. The number of rotatable bonds is 6. The lowest BCUT2D eigenvalue weighted by Crippen LogP contribution is -1.94. The second kappa shape index (κ2) is 16.3. The summed E-state index contributed by atoms with van der Waals surface area (Å²) in [5.41, 5.74) is 14.8. The fraction of sp³-hybridized carbons (Fsp3) is 0. The van der Waals surface area contributed by atoms with E-state index in [1.165, 1.54) is 142 Å². The van der Waals surface area contributed by atoms with Crippen LogP contribution in [-0.2, 0) is 0 Å². The highest BCUT2D eigenvalue weighted by Crippen LogP contribution is 2.50. The predicted molar refractivity (Wildman–Crippen MR) is 302 cm³/mol. The average molecular weight is 885 g/mol. The zero-order valence-electron chi connectivity index (χ0n) is 38.4. The van der Waals surface area contributed by atoms with Gasteiger partial charge in [0.05, 0.1) is 0 Å². The van der Waals surface area contributed by atoms with Gasteiger partial charge >= 0.3 is 0 Å². The van der Waals surface area contributed by atoms with Crippen molar-refractivity contribution in [3.8, 4) is 66.8 Å². The van der Waals surface area contributed by atoms with Gasteiger partial charge in [-0.05, 0) is 166 Å². The number of hydrogen-bond acceptors (Lipinski definition) is 0. The van der Waals surface area contributed by atoms with Crippen LogP contribution in [0, 0.1) is 0 Å². The van der Waals surface area contributed by atoms with Gasteiger partial charge in [0.2, 0.25) is 0 Å². The lowest BCUT2D eigenvalue weighted by molar-refractivity contribution is 1.62. The van der Waals surface area contributed by atoms with E-state index in [-0.39, 0.29) is 0 Å². The van der Waals surface area contributed by atoms with E-state index in [1.807, 2.05) is 0 Å². The van der Waals surface area contributed by atoms with Crippen molar-refractivity contribution in [2.75, 3.05) is 0 Å². The summed E-state index contributed by atoms with van der Waals surface area (Å²) in [7, 11) is 0. The van der Waals surface area contributed by atoms with Crippen molar-refractivity contribution in [2.24, 2.45) is 0 Å². The van der Waals surface area contributed by atoms with Gasteiger partial charge in [0, 0.05) is 0 Å². The predicted octanol–water partition coefficient (Wildman–Crippen LogP) is 19.8. The summed E-state index contributed by atoms with van der Waals surface area (Å²) in [6.07, 6.45) is 0. The van der Waals surface area contributed by atoms with E-state index >= 15 is 0 Å². The quantitative estimate of drug-likeness (QED) is 0.146. The molecule has 0 saturated heterocycles. The standard InChI is InChI=1S/C70H44/c1-3-19-47-41-51(37-35-45(47)17-1)49-21-15-23-53(43-49)67-57-27-7-11-31-61(57)69(62-32-12-8-28-58(62)67)65-39-40-66(56-26-6-5-25-55(56)65)70-63-33-13-9-29-59(63)68(60-30-10-14-34-64(60)70)54-24-16-22-50(44-54)52-38-36-46-18-2-4-20-48(46)42-52/h1-44H. The third-order valence-electron chi connectivity index (χ3n) is 14.8. The van der Waals surface area contributed by atoms with Crippen LogP contribution in [0.3, 0.4) is 0 Å². The van der Waals surface area contributed by atoms with Gasteiger partial charge in [-0.15, -0.1) is 0 Å². The van der Waals surface area contributed by atoms with E-state index in [0.717, 1.165) is 0 Å². The van der Waals surface area contributed by atoms with Crippen molar-refractivity contribution in [3.63, 3.8) is 0 Å². The van der Waals surface area contributed by atoms with Gasteiger partial charge < -0.3 is 0 Å². The Morgan fingerprint density at radius 3 is 0.771 bits per heavy atom. The van der Waals surface area contributed by atoms with Crippen LogP contribution in [0.15, 0.2) is 267 Å². The first kappa shape index (κ1) is 40.0. The van der Waals surface area contributed by atoms with E-state index in [1.54, 1.807) is 0 Å². The van der Waals surface area contributed by atoms with Crippen molar-refractivity contribution in [1.82, 2.24) is 0 Å². The van der Waals surface area contributed by atoms with E-state index in [9.17, 15) is 0 Å². The lowest BCUT2D eigenvalue weighted by atomic mass is 9.81. The second-order valence-corrected chi connectivity index (χ2v) is 18.7. The molecule has 0 spiro atoms. The molecular formula is C70H44. The third kappa shape index (κ3) is 6.45. The molecule has 0 heterocycles. The van der Waals surface area contributed by atoms with Crippen LogP contribution < -0.4 is 0 Å². The minimum absolute atomic E-state index is 1.21. The van der Waals surface area contributed by atoms with Crippen LogP contribution in [0.25, 0.3) is 142 Å². The first-order chi connectivity index (χ1) is 34.7. The van der Waals surface area contributed by atoms with Gasteiger partial charge in [-0.25, -0.2) is 0 Å². The molecule has 0 saturated carbocycles. The Hall–Kier alpha value is -9.10. The summed E-state index contributed by atoms with van der Waals surface area (Å²) in [6, 6.07) is 99.0. The van der Waals surface area contributed by atoms with E-state index in [0.29, 0.717) is 0 Å². The monoisotopic (exact) mass is 884 g/mol. The van der Waals surface area contributed by atoms with E-state index in [4.69, 9.17) is 0 Å². The summed E-state index contributed by atoms with van der Waals surface area (Å²) < 4.78 is 0. The normalized spacial score (nSPS) is 11.7. The van der Waals surface area contributed by atoms with E-state index < -0.39 is 0 Å². The minimum atomic E-state index is 1.21. The Morgan fingerprint density at radius 2 is 0.414 bits per heavy atom. The molecule has 0 aliphatic heterocycles. The average Bonchev–Trinajstić information content (AvgIpc) is 3.43. The number of hydrogen-bond donors (Lipinski definition) is 0. The first-order valence-electron chi connectivity index (χ1n) is 24.3. The second-order valence-electron chi connectivity index (χ2n) is 18.7. The van der Waals surface area contributed by atoms with Crippen molar-refractivity contribution in [3.05, 3.63) is 267 Å².